The summed E-state index contributed by atoms with van der Waals surface area (Å²) in [6.07, 6.45) is 3.18. The van der Waals surface area contributed by atoms with Gasteiger partial charge in [0.05, 0.1) is 11.9 Å². The number of carbonyl (C=O) groups excluding carboxylic acids is 1. The summed E-state index contributed by atoms with van der Waals surface area (Å²) in [5.74, 6) is 0.157. The van der Waals surface area contributed by atoms with Crippen LogP contribution >= 0.6 is 0 Å². The van der Waals surface area contributed by atoms with Crippen LogP contribution in [-0.4, -0.2) is 44.4 Å². The molecule has 0 unspecified atom stereocenters. The fourth-order valence-corrected chi connectivity index (χ4v) is 2.08. The van der Waals surface area contributed by atoms with E-state index in [1.54, 1.807) is 21.8 Å². The molecular formula is C17H23FN4O2. The van der Waals surface area contributed by atoms with E-state index in [2.05, 4.69) is 10.1 Å². The highest BCUT2D eigenvalue weighted by Gasteiger charge is 2.21. The molecule has 0 spiro atoms. The normalized spacial score (nSPS) is 11.4. The molecule has 0 fully saturated rings. The SMILES string of the molecule is CCN(CCc1ccn(-c2ccc(F)cn2)n1)C(=O)OC(C)(C)C. The number of hydrogen-bond acceptors (Lipinski definition) is 4. The fraction of sp³-hybridized carbons (Fsp3) is 0.471. The first-order valence-electron chi connectivity index (χ1n) is 7.93. The van der Waals surface area contributed by atoms with Crippen molar-refractivity contribution in [2.24, 2.45) is 0 Å². The molecule has 0 aliphatic carbocycles. The van der Waals surface area contributed by atoms with Crippen molar-refractivity contribution in [3.63, 3.8) is 0 Å². The van der Waals surface area contributed by atoms with Crippen LogP contribution in [0.3, 0.4) is 0 Å². The van der Waals surface area contributed by atoms with E-state index in [0.29, 0.717) is 25.3 Å². The fourth-order valence-electron chi connectivity index (χ4n) is 2.08. The minimum absolute atomic E-state index is 0.329. The molecule has 0 bridgehead atoms. The average Bonchev–Trinajstić information content (AvgIpc) is 2.95. The summed E-state index contributed by atoms with van der Waals surface area (Å²) < 4.78 is 19.9. The summed E-state index contributed by atoms with van der Waals surface area (Å²) in [5.41, 5.74) is 0.309. The van der Waals surface area contributed by atoms with Gasteiger partial charge in [-0.2, -0.15) is 5.10 Å². The Morgan fingerprint density at radius 1 is 1.33 bits per heavy atom. The molecule has 0 radical (unpaired) electrons. The second-order valence-electron chi connectivity index (χ2n) is 6.40. The lowest BCUT2D eigenvalue weighted by Gasteiger charge is -2.26. The van der Waals surface area contributed by atoms with Crippen molar-refractivity contribution in [3.8, 4) is 5.82 Å². The second-order valence-corrected chi connectivity index (χ2v) is 6.40. The number of rotatable bonds is 5. The highest BCUT2D eigenvalue weighted by Crippen LogP contribution is 2.11. The third kappa shape index (κ3) is 5.04. The van der Waals surface area contributed by atoms with Crippen LogP contribution in [-0.2, 0) is 11.2 Å². The average molecular weight is 334 g/mol. The van der Waals surface area contributed by atoms with E-state index in [-0.39, 0.29) is 11.9 Å². The first-order valence-corrected chi connectivity index (χ1v) is 7.93. The van der Waals surface area contributed by atoms with Gasteiger partial charge in [0, 0.05) is 25.7 Å². The van der Waals surface area contributed by atoms with Gasteiger partial charge in [0.1, 0.15) is 11.4 Å². The first kappa shape index (κ1) is 17.9. The number of likely N-dealkylation sites (N-methyl/N-ethyl adjacent to an activating group) is 1. The summed E-state index contributed by atoms with van der Waals surface area (Å²) in [7, 11) is 0. The van der Waals surface area contributed by atoms with Crippen LogP contribution in [0.15, 0.2) is 30.6 Å². The molecule has 24 heavy (non-hydrogen) atoms. The molecule has 1 amide bonds. The van der Waals surface area contributed by atoms with E-state index >= 15 is 0 Å². The smallest absolute Gasteiger partial charge is 0.410 e. The largest absolute Gasteiger partial charge is 0.444 e. The molecule has 6 nitrogen and oxygen atoms in total. The van der Waals surface area contributed by atoms with Gasteiger partial charge in [-0.1, -0.05) is 0 Å². The lowest BCUT2D eigenvalue weighted by molar-refractivity contribution is 0.0262. The van der Waals surface area contributed by atoms with E-state index < -0.39 is 5.60 Å². The summed E-state index contributed by atoms with van der Waals surface area (Å²) in [6, 6.07) is 4.75. The monoisotopic (exact) mass is 334 g/mol. The number of carbonyl (C=O) groups is 1. The van der Waals surface area contributed by atoms with Crippen molar-refractivity contribution in [1.82, 2.24) is 19.7 Å². The maximum absolute atomic E-state index is 12.9. The van der Waals surface area contributed by atoms with Crippen LogP contribution in [0.4, 0.5) is 9.18 Å². The number of hydrogen-bond donors (Lipinski definition) is 0. The Balaban J connectivity index is 1.96. The van der Waals surface area contributed by atoms with Crippen molar-refractivity contribution in [3.05, 3.63) is 42.1 Å². The van der Waals surface area contributed by atoms with E-state index in [0.717, 1.165) is 11.9 Å². The van der Waals surface area contributed by atoms with Gasteiger partial charge >= 0.3 is 6.09 Å². The summed E-state index contributed by atoms with van der Waals surface area (Å²) in [4.78, 5) is 17.7. The van der Waals surface area contributed by atoms with E-state index in [9.17, 15) is 9.18 Å². The van der Waals surface area contributed by atoms with Crippen molar-refractivity contribution in [1.29, 1.82) is 0 Å². The first-order chi connectivity index (χ1) is 11.3. The van der Waals surface area contributed by atoms with Gasteiger partial charge < -0.3 is 9.64 Å². The molecule has 0 aliphatic heterocycles. The topological polar surface area (TPSA) is 60.2 Å². The molecule has 0 N–H and O–H groups in total. The van der Waals surface area contributed by atoms with Crippen molar-refractivity contribution in [2.45, 2.75) is 39.7 Å². The van der Waals surface area contributed by atoms with Gasteiger partial charge in [0.15, 0.2) is 5.82 Å². The molecule has 0 aromatic carbocycles. The van der Waals surface area contributed by atoms with Crippen molar-refractivity contribution >= 4 is 6.09 Å². The summed E-state index contributed by atoms with van der Waals surface area (Å²) in [5, 5.41) is 4.40. The Morgan fingerprint density at radius 2 is 2.08 bits per heavy atom. The molecule has 0 saturated heterocycles. The van der Waals surface area contributed by atoms with Crippen molar-refractivity contribution in [2.75, 3.05) is 13.1 Å². The molecule has 2 heterocycles. The van der Waals surface area contributed by atoms with Crippen LogP contribution in [0.5, 0.6) is 0 Å². The Bertz CT molecular complexity index is 677. The molecule has 2 rings (SSSR count). The lowest BCUT2D eigenvalue weighted by atomic mass is 10.2. The number of amides is 1. The highest BCUT2D eigenvalue weighted by molar-refractivity contribution is 5.68. The van der Waals surface area contributed by atoms with Crippen LogP contribution in [0.2, 0.25) is 0 Å². The molecular weight excluding hydrogens is 311 g/mol. The van der Waals surface area contributed by atoms with E-state index in [4.69, 9.17) is 4.74 Å². The Labute approximate surface area is 141 Å². The quantitative estimate of drug-likeness (QED) is 0.842. The number of ether oxygens (including phenoxy) is 1. The molecule has 2 aromatic heterocycles. The zero-order chi connectivity index (χ0) is 17.7. The zero-order valence-corrected chi connectivity index (χ0v) is 14.5. The molecule has 7 heteroatoms. The molecule has 2 aromatic rings. The predicted octanol–water partition coefficient (Wildman–Crippen LogP) is 3.21. The predicted molar refractivity (Wildman–Crippen MR) is 88.5 cm³/mol. The maximum atomic E-state index is 12.9. The van der Waals surface area contributed by atoms with Gasteiger partial charge in [-0.3, -0.25) is 0 Å². The number of pyridine rings is 1. The Hall–Kier alpha value is -2.44. The second kappa shape index (κ2) is 7.42. The highest BCUT2D eigenvalue weighted by atomic mass is 19.1. The zero-order valence-electron chi connectivity index (χ0n) is 14.5. The molecule has 0 atom stereocenters. The van der Waals surface area contributed by atoms with Crippen LogP contribution < -0.4 is 0 Å². The lowest BCUT2D eigenvalue weighted by Crippen LogP contribution is -2.37. The maximum Gasteiger partial charge on any atom is 0.410 e. The van der Waals surface area contributed by atoms with Crippen LogP contribution in [0, 0.1) is 5.82 Å². The van der Waals surface area contributed by atoms with E-state index in [1.807, 2.05) is 33.8 Å². The van der Waals surface area contributed by atoms with Gasteiger partial charge in [0.2, 0.25) is 0 Å². The van der Waals surface area contributed by atoms with Gasteiger partial charge in [-0.15, -0.1) is 0 Å². The van der Waals surface area contributed by atoms with Gasteiger partial charge in [-0.25, -0.2) is 18.9 Å². The van der Waals surface area contributed by atoms with E-state index in [1.165, 1.54) is 6.07 Å². The number of halogens is 1. The standard InChI is InChI=1S/C17H23FN4O2/c1-5-21(16(23)24-17(2,3)4)10-8-14-9-11-22(20-14)15-7-6-13(18)12-19-15/h6-7,9,11-12H,5,8,10H2,1-4H3. The third-order valence-corrected chi connectivity index (χ3v) is 3.26. The summed E-state index contributed by atoms with van der Waals surface area (Å²) >= 11 is 0. The molecule has 0 saturated carbocycles. The van der Waals surface area contributed by atoms with Crippen molar-refractivity contribution < 1.29 is 13.9 Å². The van der Waals surface area contributed by atoms with Gasteiger partial charge in [0.25, 0.3) is 0 Å². The third-order valence-electron chi connectivity index (χ3n) is 3.26. The summed E-state index contributed by atoms with van der Waals surface area (Å²) in [6.45, 7) is 8.52. The Morgan fingerprint density at radius 3 is 2.67 bits per heavy atom. The minimum Gasteiger partial charge on any atom is -0.444 e. The van der Waals surface area contributed by atoms with Crippen LogP contribution in [0.25, 0.3) is 5.82 Å². The van der Waals surface area contributed by atoms with Crippen LogP contribution in [0.1, 0.15) is 33.4 Å². The number of aromatic nitrogens is 3. The number of nitrogens with zero attached hydrogens (tertiary/aromatic N) is 4. The van der Waals surface area contributed by atoms with Gasteiger partial charge in [-0.05, 0) is 45.9 Å². The minimum atomic E-state index is -0.514. The molecule has 0 aliphatic rings. The molecule has 130 valence electrons. The Kier molecular flexibility index (Phi) is 5.54.